The van der Waals surface area contributed by atoms with Gasteiger partial charge in [-0.3, -0.25) is 5.41 Å². The number of nitrogens with one attached hydrogen (secondary N) is 1. The largest absolute Gasteiger partial charge is 0.371 e. The second-order valence-electron chi connectivity index (χ2n) is 3.31. The Kier molecular flexibility index (Phi) is 4.99. The van der Waals surface area contributed by atoms with Crippen LogP contribution in [0.5, 0.6) is 0 Å². The molecule has 0 aliphatic rings. The van der Waals surface area contributed by atoms with Gasteiger partial charge in [0.2, 0.25) is 0 Å². The van der Waals surface area contributed by atoms with E-state index in [0.717, 1.165) is 19.5 Å². The highest BCUT2D eigenvalue weighted by molar-refractivity contribution is 5.87. The summed E-state index contributed by atoms with van der Waals surface area (Å²) < 4.78 is 5.37. The summed E-state index contributed by atoms with van der Waals surface area (Å²) in [6.07, 6.45) is 0.832. The lowest BCUT2D eigenvalue weighted by molar-refractivity contribution is 0.0511. The van der Waals surface area contributed by atoms with E-state index in [1.807, 2.05) is 18.7 Å². The van der Waals surface area contributed by atoms with Crippen LogP contribution in [0.4, 0.5) is 0 Å². The van der Waals surface area contributed by atoms with Crippen molar-refractivity contribution in [2.75, 3.05) is 20.2 Å². The molecule has 0 aromatic heterocycles. The van der Waals surface area contributed by atoms with E-state index in [0.29, 0.717) is 5.84 Å². The van der Waals surface area contributed by atoms with Crippen LogP contribution in [0.3, 0.4) is 0 Å². The molecule has 0 fully saturated rings. The predicted octanol–water partition coefficient (Wildman–Crippen LogP) is 2.12. The summed E-state index contributed by atoms with van der Waals surface area (Å²) in [5.74, 6) is 0.586. The van der Waals surface area contributed by atoms with Crippen LogP contribution >= 0.6 is 0 Å². The van der Waals surface area contributed by atoms with E-state index in [4.69, 9.17) is 10.1 Å². The van der Waals surface area contributed by atoms with Gasteiger partial charge in [0.25, 0.3) is 0 Å². The van der Waals surface area contributed by atoms with Crippen molar-refractivity contribution in [3.05, 3.63) is 0 Å². The fraction of sp³-hybridized carbons (Fsp3) is 0.900. The first-order valence-corrected chi connectivity index (χ1v) is 4.94. The van der Waals surface area contributed by atoms with E-state index in [1.54, 1.807) is 7.11 Å². The second-order valence-corrected chi connectivity index (χ2v) is 3.31. The van der Waals surface area contributed by atoms with Gasteiger partial charge in [0.15, 0.2) is 0 Å². The van der Waals surface area contributed by atoms with Crippen LogP contribution in [-0.4, -0.2) is 36.5 Å². The number of nitrogens with zero attached hydrogens (tertiary/aromatic N) is 1. The first kappa shape index (κ1) is 12.4. The number of ether oxygens (including phenoxy) is 1. The smallest absolute Gasteiger partial charge is 0.128 e. The van der Waals surface area contributed by atoms with E-state index in [9.17, 15) is 0 Å². The van der Waals surface area contributed by atoms with Gasteiger partial charge in [0, 0.05) is 20.2 Å². The van der Waals surface area contributed by atoms with Crippen LogP contribution in [0.25, 0.3) is 0 Å². The molecule has 0 aromatic rings. The molecule has 1 unspecified atom stereocenters. The number of hydrogen-bond donors (Lipinski definition) is 1. The highest BCUT2D eigenvalue weighted by atomic mass is 16.5. The summed E-state index contributed by atoms with van der Waals surface area (Å²) >= 11 is 0. The number of hydrogen-bond acceptors (Lipinski definition) is 2. The number of rotatable bonds is 5. The molecule has 3 nitrogen and oxygen atoms in total. The first-order valence-electron chi connectivity index (χ1n) is 4.94. The Morgan fingerprint density at radius 2 is 1.77 bits per heavy atom. The zero-order valence-corrected chi connectivity index (χ0v) is 9.48. The van der Waals surface area contributed by atoms with Crippen molar-refractivity contribution in [3.8, 4) is 0 Å². The van der Waals surface area contributed by atoms with E-state index in [1.165, 1.54) is 0 Å². The van der Waals surface area contributed by atoms with E-state index in [-0.39, 0.29) is 0 Å². The lowest BCUT2D eigenvalue weighted by Gasteiger charge is -2.34. The van der Waals surface area contributed by atoms with Crippen molar-refractivity contribution in [1.82, 2.24) is 4.90 Å². The van der Waals surface area contributed by atoms with Crippen LogP contribution in [0.1, 0.15) is 34.1 Å². The third-order valence-corrected chi connectivity index (χ3v) is 2.71. The molecular formula is C10H22N2O. The fourth-order valence-corrected chi connectivity index (χ4v) is 1.28. The summed E-state index contributed by atoms with van der Waals surface area (Å²) in [5.41, 5.74) is -0.425. The van der Waals surface area contributed by atoms with Gasteiger partial charge in [-0.25, -0.2) is 0 Å². The zero-order chi connectivity index (χ0) is 10.5. The summed E-state index contributed by atoms with van der Waals surface area (Å²) in [5, 5.41) is 8.00. The molecule has 1 N–H and O–H groups in total. The van der Waals surface area contributed by atoms with Gasteiger partial charge >= 0.3 is 0 Å². The number of amidine groups is 1. The molecule has 0 rings (SSSR count). The van der Waals surface area contributed by atoms with Crippen LogP contribution in [-0.2, 0) is 4.74 Å². The zero-order valence-electron chi connectivity index (χ0n) is 9.48. The Bertz CT molecular complexity index is 160. The van der Waals surface area contributed by atoms with Gasteiger partial charge < -0.3 is 9.64 Å². The lowest BCUT2D eigenvalue weighted by Crippen LogP contribution is -2.47. The maximum Gasteiger partial charge on any atom is 0.128 e. The molecule has 0 saturated carbocycles. The van der Waals surface area contributed by atoms with Crippen LogP contribution in [0, 0.1) is 5.41 Å². The topological polar surface area (TPSA) is 36.3 Å². The van der Waals surface area contributed by atoms with Crippen LogP contribution in [0.2, 0.25) is 0 Å². The van der Waals surface area contributed by atoms with Crippen molar-refractivity contribution in [3.63, 3.8) is 0 Å². The Morgan fingerprint density at radius 3 is 2.00 bits per heavy atom. The predicted molar refractivity (Wildman–Crippen MR) is 56.4 cm³/mol. The standard InChI is InChI=1S/C10H22N2O/c1-6-10(4,13-5)9(11)12(7-2)8-3/h11H,6-8H2,1-5H3. The van der Waals surface area contributed by atoms with Gasteiger partial charge in [-0.2, -0.15) is 0 Å². The number of methoxy groups -OCH3 is 1. The molecule has 0 aromatic carbocycles. The Morgan fingerprint density at radius 1 is 1.31 bits per heavy atom. The fourth-order valence-electron chi connectivity index (χ4n) is 1.28. The minimum atomic E-state index is -0.425. The molecule has 0 amide bonds. The molecule has 13 heavy (non-hydrogen) atoms. The minimum Gasteiger partial charge on any atom is -0.371 e. The van der Waals surface area contributed by atoms with E-state index in [2.05, 4.69) is 13.8 Å². The van der Waals surface area contributed by atoms with Gasteiger partial charge in [0.05, 0.1) is 0 Å². The molecule has 0 saturated heterocycles. The van der Waals surface area contributed by atoms with Crippen molar-refractivity contribution < 1.29 is 4.74 Å². The van der Waals surface area contributed by atoms with Gasteiger partial charge in [-0.1, -0.05) is 6.92 Å². The van der Waals surface area contributed by atoms with Crippen molar-refractivity contribution >= 4 is 5.84 Å². The summed E-state index contributed by atoms with van der Waals surface area (Å²) in [4.78, 5) is 2.02. The molecule has 78 valence electrons. The molecule has 3 heteroatoms. The Balaban J connectivity index is 4.53. The quantitative estimate of drug-likeness (QED) is 0.527. The minimum absolute atomic E-state index is 0.425. The van der Waals surface area contributed by atoms with E-state index < -0.39 is 5.60 Å². The van der Waals surface area contributed by atoms with Gasteiger partial charge in [0.1, 0.15) is 11.4 Å². The lowest BCUT2D eigenvalue weighted by atomic mass is 10.0. The Labute approximate surface area is 81.6 Å². The molecule has 0 aliphatic carbocycles. The third-order valence-electron chi connectivity index (χ3n) is 2.71. The maximum atomic E-state index is 8.00. The van der Waals surface area contributed by atoms with Gasteiger partial charge in [-0.15, -0.1) is 0 Å². The average molecular weight is 186 g/mol. The molecule has 1 atom stereocenters. The van der Waals surface area contributed by atoms with Gasteiger partial charge in [-0.05, 0) is 27.2 Å². The molecule has 0 aliphatic heterocycles. The van der Waals surface area contributed by atoms with Crippen molar-refractivity contribution in [2.24, 2.45) is 0 Å². The highest BCUT2D eigenvalue weighted by Crippen LogP contribution is 2.17. The summed E-state index contributed by atoms with van der Waals surface area (Å²) in [7, 11) is 1.67. The molecule has 0 radical (unpaired) electrons. The average Bonchev–Trinajstić information content (AvgIpc) is 2.18. The monoisotopic (exact) mass is 186 g/mol. The van der Waals surface area contributed by atoms with Crippen molar-refractivity contribution in [1.29, 1.82) is 5.41 Å². The maximum absolute atomic E-state index is 8.00. The van der Waals surface area contributed by atoms with Crippen LogP contribution < -0.4 is 0 Å². The Hall–Kier alpha value is -0.570. The molecule has 0 heterocycles. The normalized spacial score (nSPS) is 15.2. The SMILES string of the molecule is CCN(CC)C(=N)C(C)(CC)OC. The third kappa shape index (κ3) is 2.69. The van der Waals surface area contributed by atoms with E-state index >= 15 is 0 Å². The molecule has 0 spiro atoms. The van der Waals surface area contributed by atoms with Crippen molar-refractivity contribution in [2.45, 2.75) is 39.7 Å². The second kappa shape index (κ2) is 5.22. The molecular weight excluding hydrogens is 164 g/mol. The summed E-state index contributed by atoms with van der Waals surface area (Å²) in [6, 6.07) is 0. The highest BCUT2D eigenvalue weighted by Gasteiger charge is 2.29. The van der Waals surface area contributed by atoms with Crippen LogP contribution in [0.15, 0.2) is 0 Å². The number of likely N-dealkylation sites (N-methyl/N-ethyl adjacent to an activating group) is 1. The molecule has 0 bridgehead atoms. The first-order chi connectivity index (χ1) is 6.05. The summed E-state index contributed by atoms with van der Waals surface area (Å²) in [6.45, 7) is 9.87.